The molecule has 1 aromatic rings. The second-order valence-corrected chi connectivity index (χ2v) is 3.60. The van der Waals surface area contributed by atoms with E-state index in [0.29, 0.717) is 11.3 Å². The van der Waals surface area contributed by atoms with Crippen molar-refractivity contribution in [2.75, 3.05) is 0 Å². The summed E-state index contributed by atoms with van der Waals surface area (Å²) in [5.41, 5.74) is 0.334. The number of carbonyl (C=O) groups is 1. The van der Waals surface area contributed by atoms with Gasteiger partial charge in [0, 0.05) is 0 Å². The van der Waals surface area contributed by atoms with E-state index in [0.717, 1.165) is 12.8 Å². The number of phenols is 2. The Bertz CT molecular complexity index is 474. The standard InChI is InChI=1S/C12H12O4/c1-2-3-4-9-10-7(13)5-6-8(14)11(10)12(15)16-9/h4-6,13-14H,2-3H2,1H3/b9-4-. The van der Waals surface area contributed by atoms with Gasteiger partial charge in [0.15, 0.2) is 0 Å². The second-order valence-electron chi connectivity index (χ2n) is 3.60. The molecule has 1 aliphatic rings. The third kappa shape index (κ3) is 1.52. The summed E-state index contributed by atoms with van der Waals surface area (Å²) in [5.74, 6) is -0.514. The van der Waals surface area contributed by atoms with Crippen LogP contribution in [0, 0.1) is 0 Å². The molecule has 0 unspecified atom stereocenters. The Balaban J connectivity index is 2.57. The highest BCUT2D eigenvalue weighted by Gasteiger charge is 2.32. The van der Waals surface area contributed by atoms with Crippen molar-refractivity contribution in [1.82, 2.24) is 0 Å². The number of hydrogen-bond donors (Lipinski definition) is 2. The maximum Gasteiger partial charge on any atom is 0.348 e. The molecule has 0 aliphatic carbocycles. The number of allylic oxidation sites excluding steroid dienone is 1. The van der Waals surface area contributed by atoms with Crippen molar-refractivity contribution in [2.24, 2.45) is 0 Å². The number of ether oxygens (including phenoxy) is 1. The number of cyclic esters (lactones) is 1. The van der Waals surface area contributed by atoms with Crippen LogP contribution in [0.4, 0.5) is 0 Å². The number of carbonyl (C=O) groups excluding carboxylic acids is 1. The van der Waals surface area contributed by atoms with E-state index >= 15 is 0 Å². The quantitative estimate of drug-likeness (QED) is 0.593. The highest BCUT2D eigenvalue weighted by atomic mass is 16.5. The molecular weight excluding hydrogens is 208 g/mol. The molecule has 0 radical (unpaired) electrons. The Morgan fingerprint density at radius 3 is 2.50 bits per heavy atom. The maximum atomic E-state index is 11.5. The van der Waals surface area contributed by atoms with Gasteiger partial charge in [-0.25, -0.2) is 4.79 Å². The van der Waals surface area contributed by atoms with Crippen LogP contribution in [0.1, 0.15) is 35.7 Å². The van der Waals surface area contributed by atoms with E-state index in [1.165, 1.54) is 12.1 Å². The third-order valence-electron chi connectivity index (χ3n) is 2.43. The molecule has 0 atom stereocenters. The van der Waals surface area contributed by atoms with Crippen LogP contribution >= 0.6 is 0 Å². The highest BCUT2D eigenvalue weighted by Crippen LogP contribution is 2.40. The van der Waals surface area contributed by atoms with Gasteiger partial charge in [-0.15, -0.1) is 0 Å². The first-order valence-corrected chi connectivity index (χ1v) is 5.12. The number of unbranched alkanes of at least 4 members (excludes halogenated alkanes) is 1. The van der Waals surface area contributed by atoms with E-state index in [1.54, 1.807) is 6.08 Å². The minimum atomic E-state index is -0.620. The van der Waals surface area contributed by atoms with Crippen molar-refractivity contribution in [3.8, 4) is 11.5 Å². The van der Waals surface area contributed by atoms with Crippen LogP contribution in [0.15, 0.2) is 18.2 Å². The number of phenolic OH excluding ortho intramolecular Hbond substituents is 2. The van der Waals surface area contributed by atoms with Crippen molar-refractivity contribution in [1.29, 1.82) is 0 Å². The van der Waals surface area contributed by atoms with Gasteiger partial charge < -0.3 is 14.9 Å². The zero-order valence-electron chi connectivity index (χ0n) is 8.86. The minimum Gasteiger partial charge on any atom is -0.507 e. The van der Waals surface area contributed by atoms with E-state index in [9.17, 15) is 15.0 Å². The summed E-state index contributed by atoms with van der Waals surface area (Å²) in [6, 6.07) is 2.62. The predicted octanol–water partition coefficient (Wildman–Crippen LogP) is 2.41. The summed E-state index contributed by atoms with van der Waals surface area (Å²) < 4.78 is 5.00. The summed E-state index contributed by atoms with van der Waals surface area (Å²) in [6.45, 7) is 2.00. The molecule has 1 aliphatic heterocycles. The molecule has 1 aromatic carbocycles. The average molecular weight is 220 g/mol. The molecule has 0 saturated carbocycles. The Morgan fingerprint density at radius 2 is 1.88 bits per heavy atom. The Hall–Kier alpha value is -1.97. The highest BCUT2D eigenvalue weighted by molar-refractivity contribution is 6.06. The molecule has 4 heteroatoms. The molecule has 84 valence electrons. The van der Waals surface area contributed by atoms with Crippen molar-refractivity contribution in [3.05, 3.63) is 29.3 Å². The molecule has 0 amide bonds. The smallest absolute Gasteiger partial charge is 0.348 e. The first kappa shape index (κ1) is 10.5. The Labute approximate surface area is 92.8 Å². The Kier molecular flexibility index (Phi) is 2.56. The lowest BCUT2D eigenvalue weighted by Crippen LogP contribution is -1.93. The lowest BCUT2D eigenvalue weighted by atomic mass is 10.0. The molecule has 2 rings (SSSR count). The number of aromatic hydroxyl groups is 2. The lowest BCUT2D eigenvalue weighted by Gasteiger charge is -2.01. The molecule has 4 nitrogen and oxygen atoms in total. The molecule has 0 fully saturated rings. The number of esters is 1. The fourth-order valence-corrected chi connectivity index (χ4v) is 1.66. The normalized spacial score (nSPS) is 16.3. The number of hydrogen-bond acceptors (Lipinski definition) is 4. The van der Waals surface area contributed by atoms with Crippen molar-refractivity contribution < 1.29 is 19.7 Å². The summed E-state index contributed by atoms with van der Waals surface area (Å²) in [6.07, 6.45) is 3.40. The number of benzene rings is 1. The predicted molar refractivity (Wildman–Crippen MR) is 58.1 cm³/mol. The van der Waals surface area contributed by atoms with Crippen LogP contribution in [-0.4, -0.2) is 16.2 Å². The molecule has 0 saturated heterocycles. The second kappa shape index (κ2) is 3.89. The van der Waals surface area contributed by atoms with Gasteiger partial charge in [0.1, 0.15) is 22.8 Å². The fourth-order valence-electron chi connectivity index (χ4n) is 1.66. The van der Waals surface area contributed by atoms with Gasteiger partial charge in [-0.2, -0.15) is 0 Å². The SMILES string of the molecule is CCC/C=C1\OC(=O)c2c(O)ccc(O)c21. The molecule has 16 heavy (non-hydrogen) atoms. The average Bonchev–Trinajstić information content (AvgIpc) is 2.59. The van der Waals surface area contributed by atoms with E-state index in [-0.39, 0.29) is 17.1 Å². The van der Waals surface area contributed by atoms with E-state index in [4.69, 9.17) is 4.74 Å². The van der Waals surface area contributed by atoms with Gasteiger partial charge in [0.25, 0.3) is 0 Å². The van der Waals surface area contributed by atoms with Crippen LogP contribution in [0.25, 0.3) is 5.76 Å². The first-order valence-electron chi connectivity index (χ1n) is 5.12. The van der Waals surface area contributed by atoms with Gasteiger partial charge >= 0.3 is 5.97 Å². The van der Waals surface area contributed by atoms with E-state index in [2.05, 4.69) is 0 Å². The zero-order valence-corrected chi connectivity index (χ0v) is 8.86. The summed E-state index contributed by atoms with van der Waals surface area (Å²) >= 11 is 0. The molecule has 0 aromatic heterocycles. The van der Waals surface area contributed by atoms with Crippen molar-refractivity contribution in [3.63, 3.8) is 0 Å². The minimum absolute atomic E-state index is 0.0438. The number of rotatable bonds is 2. The zero-order chi connectivity index (χ0) is 11.7. The molecule has 2 N–H and O–H groups in total. The van der Waals surface area contributed by atoms with Crippen LogP contribution in [0.2, 0.25) is 0 Å². The van der Waals surface area contributed by atoms with Crippen LogP contribution in [-0.2, 0) is 4.74 Å². The summed E-state index contributed by atoms with van der Waals surface area (Å²) in [4.78, 5) is 11.5. The van der Waals surface area contributed by atoms with E-state index in [1.807, 2.05) is 6.92 Å². The van der Waals surface area contributed by atoms with E-state index < -0.39 is 5.97 Å². The monoisotopic (exact) mass is 220 g/mol. The Morgan fingerprint density at radius 1 is 1.25 bits per heavy atom. The topological polar surface area (TPSA) is 66.8 Å². The van der Waals surface area contributed by atoms with Gasteiger partial charge in [-0.05, 0) is 24.6 Å². The molecule has 1 heterocycles. The maximum absolute atomic E-state index is 11.5. The summed E-state index contributed by atoms with van der Waals surface area (Å²) in [7, 11) is 0. The third-order valence-corrected chi connectivity index (χ3v) is 2.43. The summed E-state index contributed by atoms with van der Waals surface area (Å²) in [5, 5.41) is 19.2. The number of fused-ring (bicyclic) bond motifs is 1. The largest absolute Gasteiger partial charge is 0.507 e. The van der Waals surface area contributed by atoms with Gasteiger partial charge in [0.2, 0.25) is 0 Å². The lowest BCUT2D eigenvalue weighted by molar-refractivity contribution is 0.0713. The van der Waals surface area contributed by atoms with Gasteiger partial charge in [-0.3, -0.25) is 0 Å². The van der Waals surface area contributed by atoms with Crippen LogP contribution < -0.4 is 0 Å². The fraction of sp³-hybridized carbons (Fsp3) is 0.250. The van der Waals surface area contributed by atoms with Crippen LogP contribution in [0.3, 0.4) is 0 Å². The van der Waals surface area contributed by atoms with Gasteiger partial charge in [-0.1, -0.05) is 13.3 Å². The molecule has 0 bridgehead atoms. The molecular formula is C12H12O4. The molecule has 0 spiro atoms. The van der Waals surface area contributed by atoms with Gasteiger partial charge in [0.05, 0.1) is 5.56 Å². The van der Waals surface area contributed by atoms with Crippen molar-refractivity contribution in [2.45, 2.75) is 19.8 Å². The van der Waals surface area contributed by atoms with Crippen LogP contribution in [0.5, 0.6) is 11.5 Å². The first-order chi connectivity index (χ1) is 7.65. The van der Waals surface area contributed by atoms with Crippen molar-refractivity contribution >= 4 is 11.7 Å².